The topological polar surface area (TPSA) is 60.7 Å². The lowest BCUT2D eigenvalue weighted by molar-refractivity contribution is 0.340. The smallest absolute Gasteiger partial charge is 0.205 e. The number of hydrogen-bond donors (Lipinski definition) is 3. The van der Waals surface area contributed by atoms with E-state index in [0.29, 0.717) is 0 Å². The van der Waals surface area contributed by atoms with Gasteiger partial charge in [-0.3, -0.25) is 0 Å². The fraction of sp³-hybridized carbons (Fsp3) is 0. The molecule has 0 saturated carbocycles. The van der Waals surface area contributed by atoms with Crippen LogP contribution in [0.15, 0.2) is 30.3 Å². The van der Waals surface area contributed by atoms with Crippen LogP contribution in [-0.4, -0.2) is 15.3 Å². The Morgan fingerprint density at radius 1 is 0.706 bits per heavy atom. The van der Waals surface area contributed by atoms with Crippen molar-refractivity contribution < 1.29 is 24.1 Å². The van der Waals surface area contributed by atoms with Gasteiger partial charge in [-0.1, -0.05) is 30.3 Å². The Morgan fingerprint density at radius 2 is 1.29 bits per heavy atom. The molecule has 0 spiro atoms. The highest BCUT2D eigenvalue weighted by Crippen LogP contribution is 2.45. The van der Waals surface area contributed by atoms with E-state index in [-0.39, 0.29) is 5.56 Å². The molecule has 3 N–H and O–H groups in total. The summed E-state index contributed by atoms with van der Waals surface area (Å²) >= 11 is 0. The summed E-state index contributed by atoms with van der Waals surface area (Å²) in [6, 6.07) is 7.67. The van der Waals surface area contributed by atoms with E-state index in [4.69, 9.17) is 5.11 Å². The molecule has 88 valence electrons. The van der Waals surface area contributed by atoms with E-state index in [0.717, 1.165) is 0 Å². The van der Waals surface area contributed by atoms with Crippen LogP contribution in [0.25, 0.3) is 11.1 Å². The molecule has 0 unspecified atom stereocenters. The fourth-order valence-electron chi connectivity index (χ4n) is 1.52. The Bertz CT molecular complexity index is 539. The summed E-state index contributed by atoms with van der Waals surface area (Å²) in [7, 11) is 0. The third kappa shape index (κ3) is 1.65. The van der Waals surface area contributed by atoms with Crippen LogP contribution in [0.2, 0.25) is 0 Å². The van der Waals surface area contributed by atoms with Crippen molar-refractivity contribution in [1.82, 2.24) is 0 Å². The minimum Gasteiger partial charge on any atom is -0.504 e. The zero-order valence-electron chi connectivity index (χ0n) is 8.48. The molecule has 0 aliphatic rings. The second kappa shape index (κ2) is 3.93. The van der Waals surface area contributed by atoms with Crippen LogP contribution < -0.4 is 0 Å². The Hall–Kier alpha value is -2.30. The average Bonchev–Trinajstić information content (AvgIpc) is 2.36. The first kappa shape index (κ1) is 11.2. The third-order valence-corrected chi connectivity index (χ3v) is 2.37. The number of rotatable bonds is 1. The molecule has 0 heterocycles. The van der Waals surface area contributed by atoms with E-state index in [1.165, 1.54) is 12.1 Å². The number of halogens is 2. The molecule has 0 aromatic heterocycles. The van der Waals surface area contributed by atoms with Crippen molar-refractivity contribution >= 4 is 0 Å². The number of phenols is 3. The summed E-state index contributed by atoms with van der Waals surface area (Å²) in [5.74, 6) is -6.29. The van der Waals surface area contributed by atoms with Gasteiger partial charge in [0.2, 0.25) is 17.3 Å². The van der Waals surface area contributed by atoms with Gasteiger partial charge in [-0.15, -0.1) is 0 Å². The van der Waals surface area contributed by atoms with E-state index in [1.807, 2.05) is 0 Å². The Kier molecular flexibility index (Phi) is 2.59. The highest BCUT2D eigenvalue weighted by molar-refractivity contribution is 5.76. The van der Waals surface area contributed by atoms with Crippen LogP contribution in [0, 0.1) is 11.6 Å². The second-order valence-corrected chi connectivity index (χ2v) is 3.41. The van der Waals surface area contributed by atoms with Gasteiger partial charge < -0.3 is 15.3 Å². The van der Waals surface area contributed by atoms with Gasteiger partial charge in [0.25, 0.3) is 0 Å². The van der Waals surface area contributed by atoms with Gasteiger partial charge in [0.1, 0.15) is 0 Å². The van der Waals surface area contributed by atoms with Crippen molar-refractivity contribution in [3.05, 3.63) is 42.0 Å². The number of aromatic hydroxyl groups is 3. The van der Waals surface area contributed by atoms with E-state index in [2.05, 4.69) is 0 Å². The van der Waals surface area contributed by atoms with E-state index in [1.54, 1.807) is 18.2 Å². The summed E-state index contributed by atoms with van der Waals surface area (Å²) in [4.78, 5) is 0. The van der Waals surface area contributed by atoms with Crippen LogP contribution in [0.5, 0.6) is 17.2 Å². The normalized spacial score (nSPS) is 10.5. The first-order chi connectivity index (χ1) is 8.04. The van der Waals surface area contributed by atoms with Gasteiger partial charge in [-0.05, 0) is 5.56 Å². The lowest BCUT2D eigenvalue weighted by Crippen LogP contribution is -1.92. The molecular weight excluding hydrogens is 230 g/mol. The molecule has 0 radical (unpaired) electrons. The summed E-state index contributed by atoms with van der Waals surface area (Å²) in [6.07, 6.45) is 0. The SMILES string of the molecule is Oc1c(O)c(F)c(F)c(-c2ccccc2)c1O. The van der Waals surface area contributed by atoms with Crippen molar-refractivity contribution in [3.63, 3.8) is 0 Å². The van der Waals surface area contributed by atoms with Gasteiger partial charge in [-0.2, -0.15) is 4.39 Å². The highest BCUT2D eigenvalue weighted by atomic mass is 19.2. The third-order valence-electron chi connectivity index (χ3n) is 2.37. The zero-order chi connectivity index (χ0) is 12.6. The molecule has 0 atom stereocenters. The molecule has 3 nitrogen and oxygen atoms in total. The van der Waals surface area contributed by atoms with E-state index >= 15 is 0 Å². The molecule has 0 aliphatic carbocycles. The molecule has 2 aromatic rings. The Morgan fingerprint density at radius 3 is 1.88 bits per heavy atom. The van der Waals surface area contributed by atoms with Crippen LogP contribution in [0.1, 0.15) is 0 Å². The summed E-state index contributed by atoms with van der Waals surface area (Å²) in [5.41, 5.74) is -0.296. The maximum Gasteiger partial charge on any atom is 0.205 e. The standard InChI is InChI=1S/C12H8F2O3/c13-8-7(6-4-2-1-3-5-6)10(15)12(17)11(16)9(8)14/h1-5,15-17H. The second-order valence-electron chi connectivity index (χ2n) is 3.41. The fourth-order valence-corrected chi connectivity index (χ4v) is 1.52. The molecule has 0 bridgehead atoms. The predicted octanol–water partition coefficient (Wildman–Crippen LogP) is 2.75. The summed E-state index contributed by atoms with van der Waals surface area (Å²) in [6.45, 7) is 0. The molecule has 2 rings (SSSR count). The summed E-state index contributed by atoms with van der Waals surface area (Å²) < 4.78 is 26.8. The minimum absolute atomic E-state index is 0.191. The van der Waals surface area contributed by atoms with Crippen molar-refractivity contribution in [2.24, 2.45) is 0 Å². The summed E-state index contributed by atoms with van der Waals surface area (Å²) in [5, 5.41) is 27.8. The predicted molar refractivity (Wildman–Crippen MR) is 56.8 cm³/mol. The van der Waals surface area contributed by atoms with Crippen molar-refractivity contribution in [2.45, 2.75) is 0 Å². The van der Waals surface area contributed by atoms with Crippen molar-refractivity contribution in [2.75, 3.05) is 0 Å². The molecule has 0 fully saturated rings. The molecule has 5 heteroatoms. The monoisotopic (exact) mass is 238 g/mol. The molecule has 17 heavy (non-hydrogen) atoms. The van der Waals surface area contributed by atoms with Crippen molar-refractivity contribution in [1.29, 1.82) is 0 Å². The van der Waals surface area contributed by atoms with Crippen LogP contribution in [0.3, 0.4) is 0 Å². The van der Waals surface area contributed by atoms with Gasteiger partial charge >= 0.3 is 0 Å². The van der Waals surface area contributed by atoms with Gasteiger partial charge in [-0.25, -0.2) is 4.39 Å². The van der Waals surface area contributed by atoms with E-state index in [9.17, 15) is 19.0 Å². The van der Waals surface area contributed by atoms with Gasteiger partial charge in [0.15, 0.2) is 11.6 Å². The quantitative estimate of drug-likeness (QED) is 0.669. The minimum atomic E-state index is -1.60. The maximum atomic E-state index is 13.6. The molecule has 0 amide bonds. The molecule has 0 aliphatic heterocycles. The van der Waals surface area contributed by atoms with Crippen LogP contribution >= 0.6 is 0 Å². The molecule has 2 aromatic carbocycles. The Balaban J connectivity index is 2.80. The van der Waals surface area contributed by atoms with Crippen LogP contribution in [0.4, 0.5) is 8.78 Å². The average molecular weight is 238 g/mol. The van der Waals surface area contributed by atoms with Crippen LogP contribution in [-0.2, 0) is 0 Å². The molecule has 0 saturated heterocycles. The first-order valence-corrected chi connectivity index (χ1v) is 4.71. The van der Waals surface area contributed by atoms with Gasteiger partial charge in [0.05, 0.1) is 5.56 Å². The number of phenolic OH excluding ortho intramolecular Hbond substituents is 3. The largest absolute Gasteiger partial charge is 0.504 e. The van der Waals surface area contributed by atoms with Crippen molar-refractivity contribution in [3.8, 4) is 28.4 Å². The van der Waals surface area contributed by atoms with E-state index < -0.39 is 34.4 Å². The van der Waals surface area contributed by atoms with Gasteiger partial charge in [0, 0.05) is 0 Å². The number of hydrogen-bond acceptors (Lipinski definition) is 3. The maximum absolute atomic E-state index is 13.6. The Labute approximate surface area is 95.2 Å². The lowest BCUT2D eigenvalue weighted by atomic mass is 10.0. The first-order valence-electron chi connectivity index (χ1n) is 4.71. The highest BCUT2D eigenvalue weighted by Gasteiger charge is 2.24. The zero-order valence-corrected chi connectivity index (χ0v) is 8.48. The lowest BCUT2D eigenvalue weighted by Gasteiger charge is -2.10. The molecular formula is C12H8F2O3. The number of benzene rings is 2.